The van der Waals surface area contributed by atoms with Crippen LogP contribution in [0.25, 0.3) is 32.8 Å². The van der Waals surface area contributed by atoms with Crippen LogP contribution < -0.4 is 8.96 Å². The molecule has 2 heterocycles. The van der Waals surface area contributed by atoms with Gasteiger partial charge in [-0.15, -0.1) is 0 Å². The Balaban J connectivity index is 1.94. The monoisotopic (exact) mass is 573 g/mol. The van der Waals surface area contributed by atoms with E-state index in [2.05, 4.69) is 114 Å². The summed E-state index contributed by atoms with van der Waals surface area (Å²) in [7, 11) is 2.20. The van der Waals surface area contributed by atoms with Crippen LogP contribution >= 0.6 is 11.8 Å². The molecule has 0 unspecified atom stereocenters. The topological polar surface area (TPSA) is 3.88 Å². The van der Waals surface area contributed by atoms with E-state index in [1.54, 1.807) is 4.40 Å². The number of pyridine rings is 1. The van der Waals surface area contributed by atoms with Gasteiger partial charge in [-0.2, -0.15) is 0 Å². The molecule has 5 rings (SSSR count). The molecule has 4 aromatic rings. The van der Waals surface area contributed by atoms with Crippen molar-refractivity contribution in [3.8, 4) is 11.3 Å². The normalized spacial score (nSPS) is 14.3. The molecule has 0 saturated heterocycles. The van der Waals surface area contributed by atoms with Gasteiger partial charge in [-0.1, -0.05) is 20.8 Å². The average Bonchev–Trinajstić information content (AvgIpc) is 2.75. The summed E-state index contributed by atoms with van der Waals surface area (Å²) in [5, 5.41) is 5.18. The van der Waals surface area contributed by atoms with Gasteiger partial charge in [0.15, 0.2) is 0 Å². The molecular formula is C34H44GeNS+. The first-order chi connectivity index (χ1) is 17.4. The molecule has 0 amide bonds. The molecule has 194 valence electrons. The molecule has 0 radical (unpaired) electrons. The Morgan fingerprint density at radius 2 is 1.59 bits per heavy atom. The fourth-order valence-corrected chi connectivity index (χ4v) is 9.89. The van der Waals surface area contributed by atoms with Gasteiger partial charge in [-0.25, -0.2) is 0 Å². The van der Waals surface area contributed by atoms with Gasteiger partial charge in [0.05, 0.1) is 0 Å². The predicted molar refractivity (Wildman–Crippen MR) is 166 cm³/mol. The predicted octanol–water partition coefficient (Wildman–Crippen LogP) is 8.98. The number of aromatic nitrogens is 1. The van der Waals surface area contributed by atoms with Crippen LogP contribution in [-0.4, -0.2) is 13.3 Å². The zero-order valence-corrected chi connectivity index (χ0v) is 27.6. The quantitative estimate of drug-likeness (QED) is 0.154. The summed E-state index contributed by atoms with van der Waals surface area (Å²) < 4.78 is 13.2. The average molecular weight is 572 g/mol. The molecule has 3 heteroatoms. The second-order valence-corrected chi connectivity index (χ2v) is 26.3. The Labute approximate surface area is 232 Å². The van der Waals surface area contributed by atoms with E-state index < -0.39 is 13.3 Å². The number of aryl methyl sites for hydroxylation is 2. The molecule has 0 N–H and O–H groups in total. The van der Waals surface area contributed by atoms with Crippen LogP contribution in [0.3, 0.4) is 0 Å². The third-order valence-electron chi connectivity index (χ3n) is 7.54. The molecule has 1 aromatic heterocycles. The summed E-state index contributed by atoms with van der Waals surface area (Å²) >= 11 is -0.0701. The van der Waals surface area contributed by atoms with Gasteiger partial charge in [0, 0.05) is 0 Å². The second-order valence-electron chi connectivity index (χ2n) is 14.6. The fourth-order valence-electron chi connectivity index (χ4n) is 5.86. The van der Waals surface area contributed by atoms with Crippen molar-refractivity contribution in [2.45, 2.75) is 88.4 Å². The van der Waals surface area contributed by atoms with Crippen molar-refractivity contribution in [2.75, 3.05) is 0 Å². The van der Waals surface area contributed by atoms with E-state index in [-0.39, 0.29) is 10.8 Å². The zero-order chi connectivity index (χ0) is 27.9. The molecule has 1 aliphatic heterocycles. The molecule has 0 aliphatic carbocycles. The van der Waals surface area contributed by atoms with Gasteiger partial charge in [-0.3, -0.25) is 0 Å². The van der Waals surface area contributed by atoms with Crippen LogP contribution in [-0.2, 0) is 19.9 Å². The van der Waals surface area contributed by atoms with Crippen LogP contribution in [0.1, 0.15) is 59.6 Å². The minimum absolute atomic E-state index is 0.115. The summed E-state index contributed by atoms with van der Waals surface area (Å²) in [6.07, 6.45) is 4.18. The van der Waals surface area contributed by atoms with E-state index in [0.717, 1.165) is 18.2 Å². The Bertz CT molecular complexity index is 1610. The first kappa shape index (κ1) is 25.5. The van der Waals surface area contributed by atoms with Gasteiger partial charge in [0.25, 0.3) is 0 Å². The van der Waals surface area contributed by atoms with Crippen molar-refractivity contribution in [1.29, 1.82) is 0 Å². The van der Waals surface area contributed by atoms with Gasteiger partial charge >= 0.3 is 213 Å². The van der Waals surface area contributed by atoms with E-state index >= 15 is 0 Å². The van der Waals surface area contributed by atoms with E-state index in [9.17, 15) is 1.37 Å². The maximum absolute atomic E-state index is 9.29. The number of hydrogen-bond donors (Lipinski definition) is 0. The number of hydrogen-bond acceptors (Lipinski definition) is 1. The third-order valence-corrected chi connectivity index (χ3v) is 13.0. The third kappa shape index (κ3) is 5.01. The molecule has 0 saturated carbocycles. The van der Waals surface area contributed by atoms with Crippen LogP contribution in [0.15, 0.2) is 52.4 Å². The van der Waals surface area contributed by atoms with Gasteiger partial charge in [-0.05, 0) is 0 Å². The number of benzene rings is 3. The van der Waals surface area contributed by atoms with Crippen molar-refractivity contribution < 1.29 is 5.94 Å². The van der Waals surface area contributed by atoms with Crippen molar-refractivity contribution >= 4 is 51.0 Å². The van der Waals surface area contributed by atoms with Crippen molar-refractivity contribution in [3.05, 3.63) is 59.3 Å². The summed E-state index contributed by atoms with van der Waals surface area (Å²) in [4.78, 5) is 2.76. The molecule has 0 atom stereocenters. The van der Waals surface area contributed by atoms with Crippen LogP contribution in [0, 0.1) is 17.8 Å². The van der Waals surface area contributed by atoms with Crippen LogP contribution in [0.5, 0.6) is 0 Å². The van der Waals surface area contributed by atoms with E-state index in [1.807, 2.05) is 11.8 Å². The first-order valence-electron chi connectivity index (χ1n) is 14.2. The molecule has 0 bridgehead atoms. The SMILES string of the molecule is [2H]c1cc(CC(C)(C)C)cc2c(C)c3c(c(CC(C)(C)C)c12)Sc1c[c]([Ge]([CH3])([CH3])[CH3])cc2cc[n+](C)c-3c12. The van der Waals surface area contributed by atoms with E-state index in [1.165, 1.54) is 53.9 Å². The first-order valence-corrected chi connectivity index (χ1v) is 21.8. The Morgan fingerprint density at radius 3 is 2.22 bits per heavy atom. The maximum atomic E-state index is 9.29. The number of nitrogens with zero attached hydrogens (tertiary/aromatic N) is 1. The summed E-state index contributed by atoms with van der Waals surface area (Å²) in [5.41, 5.74) is 6.95. The number of fused-ring (bicyclic) bond motifs is 3. The molecular weight excluding hydrogens is 527 g/mol. The molecule has 1 aliphatic rings. The summed E-state index contributed by atoms with van der Waals surface area (Å²) in [5.74, 6) is 7.47. The number of rotatable bonds is 3. The van der Waals surface area contributed by atoms with E-state index in [0.29, 0.717) is 6.04 Å². The Hall–Kier alpha value is -1.78. The summed E-state index contributed by atoms with van der Waals surface area (Å²) in [6, 6.07) is 12.5. The molecule has 1 nitrogen and oxygen atoms in total. The van der Waals surface area contributed by atoms with Gasteiger partial charge in [0.1, 0.15) is 0 Å². The minimum atomic E-state index is -2.04. The van der Waals surface area contributed by atoms with Crippen molar-refractivity contribution in [3.63, 3.8) is 0 Å². The Morgan fingerprint density at radius 1 is 0.919 bits per heavy atom. The molecule has 0 fully saturated rings. The van der Waals surface area contributed by atoms with Crippen molar-refractivity contribution in [1.82, 2.24) is 0 Å². The van der Waals surface area contributed by atoms with Gasteiger partial charge in [0.2, 0.25) is 0 Å². The van der Waals surface area contributed by atoms with E-state index in [4.69, 9.17) is 0 Å². The van der Waals surface area contributed by atoms with Crippen molar-refractivity contribution in [2.24, 2.45) is 17.9 Å². The standard InChI is InChI=1S/C34H44GeNS/c1-21-26-16-22(19-33(2,3)4)12-13-25(26)27(20-34(5,6)7)32-29(21)31-30-23(14-15-36(31)11)17-24(35(8,9)10)18-28(30)37-32/h12-18H,19-20H2,1-11H3/q+1/i13D. The molecule has 3 aromatic carbocycles. The van der Waals surface area contributed by atoms with Crippen LogP contribution in [0.2, 0.25) is 17.3 Å². The van der Waals surface area contributed by atoms with Crippen LogP contribution in [0.4, 0.5) is 0 Å². The molecule has 37 heavy (non-hydrogen) atoms. The Kier molecular flexibility index (Phi) is 6.12. The summed E-state index contributed by atoms with van der Waals surface area (Å²) in [6.45, 7) is 16.1. The molecule has 0 spiro atoms. The fraction of sp³-hybridized carbons (Fsp3) is 0.441. The van der Waals surface area contributed by atoms with Gasteiger partial charge < -0.3 is 0 Å². The second kappa shape index (κ2) is 8.88. The zero-order valence-electron chi connectivity index (χ0n) is 25.7.